The maximum Gasteiger partial charge on any atom is 0.150 e. The summed E-state index contributed by atoms with van der Waals surface area (Å²) in [5.74, 6) is 0.477. The van der Waals surface area contributed by atoms with Gasteiger partial charge in [-0.2, -0.15) is 0 Å². The molecule has 0 bridgehead atoms. The van der Waals surface area contributed by atoms with Crippen LogP contribution in [0.15, 0.2) is 0 Å². The molecule has 0 amide bonds. The van der Waals surface area contributed by atoms with Gasteiger partial charge in [0, 0.05) is 19.1 Å². The van der Waals surface area contributed by atoms with Crippen molar-refractivity contribution in [3.63, 3.8) is 0 Å². The van der Waals surface area contributed by atoms with E-state index in [1.807, 2.05) is 0 Å². The van der Waals surface area contributed by atoms with E-state index in [0.29, 0.717) is 32.4 Å². The molecule has 2 fully saturated rings. The molecule has 2 aliphatic rings. The lowest BCUT2D eigenvalue weighted by molar-refractivity contribution is 0.115. The van der Waals surface area contributed by atoms with Crippen LogP contribution in [0.5, 0.6) is 0 Å². The molecule has 1 unspecified atom stereocenters. The Labute approximate surface area is 102 Å². The van der Waals surface area contributed by atoms with E-state index in [-0.39, 0.29) is 17.5 Å². The third-order valence-electron chi connectivity index (χ3n) is 3.68. The molecule has 1 atom stereocenters. The van der Waals surface area contributed by atoms with E-state index in [2.05, 4.69) is 10.6 Å². The Morgan fingerprint density at radius 2 is 2.06 bits per heavy atom. The van der Waals surface area contributed by atoms with E-state index in [1.54, 1.807) is 0 Å². The summed E-state index contributed by atoms with van der Waals surface area (Å²) in [5, 5.41) is 6.26. The second-order valence-electron chi connectivity index (χ2n) is 5.24. The van der Waals surface area contributed by atoms with Gasteiger partial charge in [0.25, 0.3) is 0 Å². The molecular formula is C11H21FN2O2S. The third-order valence-corrected chi connectivity index (χ3v) is 5.40. The highest BCUT2D eigenvalue weighted by Gasteiger charge is 2.33. The smallest absolute Gasteiger partial charge is 0.150 e. The predicted molar refractivity (Wildman–Crippen MR) is 65.6 cm³/mol. The van der Waals surface area contributed by atoms with Crippen LogP contribution in [0.1, 0.15) is 25.7 Å². The largest absolute Gasteiger partial charge is 0.313 e. The van der Waals surface area contributed by atoms with Gasteiger partial charge in [0.1, 0.15) is 15.5 Å². The van der Waals surface area contributed by atoms with E-state index >= 15 is 0 Å². The number of hydrogen-bond donors (Lipinski definition) is 2. The highest BCUT2D eigenvalue weighted by atomic mass is 32.2. The number of piperidine rings is 1. The molecule has 0 spiro atoms. The van der Waals surface area contributed by atoms with Crippen molar-refractivity contribution < 1.29 is 12.8 Å². The van der Waals surface area contributed by atoms with Gasteiger partial charge in [-0.1, -0.05) is 0 Å². The van der Waals surface area contributed by atoms with Gasteiger partial charge in [0.05, 0.1) is 11.5 Å². The van der Waals surface area contributed by atoms with E-state index in [9.17, 15) is 12.8 Å². The summed E-state index contributed by atoms with van der Waals surface area (Å²) in [7, 11) is -2.82. The lowest BCUT2D eigenvalue weighted by Crippen LogP contribution is -2.51. The molecule has 0 radical (unpaired) electrons. The summed E-state index contributed by atoms with van der Waals surface area (Å²) in [6, 6.07) is 0.160. The lowest BCUT2D eigenvalue weighted by atomic mass is 9.95. The first-order valence-electron chi connectivity index (χ1n) is 6.33. The van der Waals surface area contributed by atoms with Crippen molar-refractivity contribution in [1.82, 2.24) is 10.6 Å². The van der Waals surface area contributed by atoms with Crippen LogP contribution in [0.4, 0.5) is 4.39 Å². The van der Waals surface area contributed by atoms with E-state index < -0.39 is 15.5 Å². The van der Waals surface area contributed by atoms with Crippen molar-refractivity contribution in [1.29, 1.82) is 0 Å². The first kappa shape index (κ1) is 13.2. The monoisotopic (exact) mass is 264 g/mol. The van der Waals surface area contributed by atoms with E-state index in [4.69, 9.17) is 0 Å². The molecule has 100 valence electrons. The number of nitrogens with one attached hydrogen (secondary N) is 2. The van der Waals surface area contributed by atoms with Gasteiger partial charge in [0.2, 0.25) is 0 Å². The maximum atomic E-state index is 14.2. The summed E-state index contributed by atoms with van der Waals surface area (Å²) < 4.78 is 36.7. The van der Waals surface area contributed by atoms with Crippen LogP contribution in [0.25, 0.3) is 0 Å². The Bertz CT molecular complexity index is 338. The van der Waals surface area contributed by atoms with Gasteiger partial charge < -0.3 is 10.6 Å². The van der Waals surface area contributed by atoms with Crippen LogP contribution in [-0.4, -0.2) is 51.3 Å². The Balaban J connectivity index is 1.75. The third kappa shape index (κ3) is 3.89. The average Bonchev–Trinajstić information content (AvgIpc) is 2.29. The highest BCUT2D eigenvalue weighted by Crippen LogP contribution is 2.21. The van der Waals surface area contributed by atoms with Crippen LogP contribution in [0.2, 0.25) is 0 Å². The van der Waals surface area contributed by atoms with Gasteiger partial charge in [-0.3, -0.25) is 0 Å². The summed E-state index contributed by atoms with van der Waals surface area (Å²) in [6.45, 7) is 1.64. The van der Waals surface area contributed by atoms with Crippen LogP contribution < -0.4 is 10.6 Å². The van der Waals surface area contributed by atoms with Crippen molar-refractivity contribution in [3.05, 3.63) is 0 Å². The van der Waals surface area contributed by atoms with Gasteiger partial charge in [-0.25, -0.2) is 12.8 Å². The second kappa shape index (κ2) is 5.20. The molecule has 2 aliphatic heterocycles. The minimum absolute atomic E-state index is 0.160. The molecule has 2 rings (SSSR count). The number of hydrogen-bond acceptors (Lipinski definition) is 4. The normalized spacial score (nSPS) is 34.6. The Kier molecular flexibility index (Phi) is 4.05. The summed E-state index contributed by atoms with van der Waals surface area (Å²) in [6.07, 6.45) is 2.70. The summed E-state index contributed by atoms with van der Waals surface area (Å²) in [4.78, 5) is 0. The highest BCUT2D eigenvalue weighted by molar-refractivity contribution is 7.91. The van der Waals surface area contributed by atoms with Crippen molar-refractivity contribution >= 4 is 9.84 Å². The Morgan fingerprint density at radius 1 is 1.35 bits per heavy atom. The summed E-state index contributed by atoms with van der Waals surface area (Å²) in [5.41, 5.74) is -1.16. The van der Waals surface area contributed by atoms with Crippen molar-refractivity contribution in [2.75, 3.05) is 31.1 Å². The van der Waals surface area contributed by atoms with Crippen LogP contribution in [0, 0.1) is 0 Å². The fraction of sp³-hybridized carbons (Fsp3) is 1.00. The maximum absolute atomic E-state index is 14.2. The molecule has 2 heterocycles. The van der Waals surface area contributed by atoms with Crippen molar-refractivity contribution in [2.24, 2.45) is 0 Å². The topological polar surface area (TPSA) is 58.2 Å². The number of rotatable bonds is 3. The zero-order chi connectivity index (χ0) is 12.4. The molecule has 0 aliphatic carbocycles. The molecular weight excluding hydrogens is 243 g/mol. The molecule has 2 N–H and O–H groups in total. The minimum Gasteiger partial charge on any atom is -0.313 e. The number of sulfone groups is 1. The van der Waals surface area contributed by atoms with Gasteiger partial charge >= 0.3 is 0 Å². The van der Waals surface area contributed by atoms with Gasteiger partial charge in [-0.05, 0) is 32.2 Å². The molecule has 0 aromatic heterocycles. The van der Waals surface area contributed by atoms with Crippen LogP contribution >= 0.6 is 0 Å². The minimum atomic E-state index is -2.82. The Hall–Kier alpha value is -0.200. The first-order chi connectivity index (χ1) is 7.99. The standard InChI is InChI=1S/C11H21FN2O2S/c12-11(4-1-5-13-8-11)9-14-10-2-6-17(15,16)7-3-10/h10,13-14H,1-9H2. The van der Waals surface area contributed by atoms with Gasteiger partial charge in [0.15, 0.2) is 0 Å². The average molecular weight is 264 g/mol. The quantitative estimate of drug-likeness (QED) is 0.767. The van der Waals surface area contributed by atoms with E-state index in [0.717, 1.165) is 13.0 Å². The SMILES string of the molecule is O=S1(=O)CCC(NCC2(F)CCCNC2)CC1. The first-order valence-corrected chi connectivity index (χ1v) is 8.15. The van der Waals surface area contributed by atoms with E-state index in [1.165, 1.54) is 0 Å². The predicted octanol–water partition coefficient (Wildman–Crippen LogP) is 0.245. The number of halogens is 1. The van der Waals surface area contributed by atoms with Gasteiger partial charge in [-0.15, -0.1) is 0 Å². The molecule has 0 aromatic carbocycles. The molecule has 0 aromatic rings. The lowest BCUT2D eigenvalue weighted by Gasteiger charge is -2.33. The fourth-order valence-electron chi connectivity index (χ4n) is 2.50. The molecule has 0 saturated carbocycles. The van der Waals surface area contributed by atoms with Crippen molar-refractivity contribution in [2.45, 2.75) is 37.4 Å². The van der Waals surface area contributed by atoms with Crippen LogP contribution in [-0.2, 0) is 9.84 Å². The van der Waals surface area contributed by atoms with Crippen LogP contribution in [0.3, 0.4) is 0 Å². The second-order valence-corrected chi connectivity index (χ2v) is 7.54. The zero-order valence-electron chi connectivity index (χ0n) is 10.0. The number of alkyl halides is 1. The summed E-state index contributed by atoms with van der Waals surface area (Å²) >= 11 is 0. The molecule has 17 heavy (non-hydrogen) atoms. The zero-order valence-corrected chi connectivity index (χ0v) is 10.9. The Morgan fingerprint density at radius 3 is 2.65 bits per heavy atom. The fourth-order valence-corrected chi connectivity index (χ4v) is 3.99. The molecule has 4 nitrogen and oxygen atoms in total. The molecule has 6 heteroatoms. The molecule has 2 saturated heterocycles. The van der Waals surface area contributed by atoms with Crippen molar-refractivity contribution in [3.8, 4) is 0 Å².